The Morgan fingerprint density at radius 1 is 1.10 bits per heavy atom. The SMILES string of the molecule is COC(=O)CCCCCCCCCCC1CC=CC1O. The number of allylic oxidation sites excluding steroid dienone is 1. The molecule has 0 fully saturated rings. The first-order valence-electron chi connectivity index (χ1n) is 8.15. The number of rotatable bonds is 11. The second kappa shape index (κ2) is 10.9. The first kappa shape index (κ1) is 17.2. The van der Waals surface area contributed by atoms with Crippen molar-refractivity contribution in [3.63, 3.8) is 0 Å². The first-order chi connectivity index (χ1) is 9.74. The van der Waals surface area contributed by atoms with Crippen LogP contribution in [0.3, 0.4) is 0 Å². The molecular weight excluding hydrogens is 252 g/mol. The van der Waals surface area contributed by atoms with Gasteiger partial charge in [0.1, 0.15) is 0 Å². The number of aliphatic hydroxyl groups excluding tert-OH is 1. The molecule has 0 aliphatic heterocycles. The molecule has 0 heterocycles. The van der Waals surface area contributed by atoms with Crippen LogP contribution in [-0.4, -0.2) is 24.3 Å². The minimum Gasteiger partial charge on any atom is -0.469 e. The van der Waals surface area contributed by atoms with E-state index in [1.54, 1.807) is 0 Å². The molecule has 2 atom stereocenters. The fourth-order valence-electron chi connectivity index (χ4n) is 2.82. The molecule has 0 aromatic carbocycles. The zero-order valence-electron chi connectivity index (χ0n) is 12.9. The van der Waals surface area contributed by atoms with Crippen molar-refractivity contribution in [3.8, 4) is 0 Å². The van der Waals surface area contributed by atoms with Crippen molar-refractivity contribution >= 4 is 5.97 Å². The second-order valence-electron chi connectivity index (χ2n) is 5.86. The lowest BCUT2D eigenvalue weighted by atomic mass is 9.96. The lowest BCUT2D eigenvalue weighted by molar-refractivity contribution is -0.140. The Hall–Kier alpha value is -0.830. The molecule has 116 valence electrons. The lowest BCUT2D eigenvalue weighted by Gasteiger charge is -2.13. The molecule has 0 amide bonds. The normalized spacial score (nSPS) is 21.3. The summed E-state index contributed by atoms with van der Waals surface area (Å²) in [4.78, 5) is 10.9. The molecule has 0 saturated heterocycles. The fourth-order valence-corrected chi connectivity index (χ4v) is 2.82. The molecule has 0 aromatic rings. The van der Waals surface area contributed by atoms with E-state index in [0.29, 0.717) is 12.3 Å². The quantitative estimate of drug-likeness (QED) is 0.354. The van der Waals surface area contributed by atoms with Crippen molar-refractivity contribution in [2.24, 2.45) is 5.92 Å². The Balaban J connectivity index is 1.78. The number of hydrogen-bond acceptors (Lipinski definition) is 3. The molecule has 3 heteroatoms. The van der Waals surface area contributed by atoms with E-state index < -0.39 is 0 Å². The third kappa shape index (κ3) is 7.68. The van der Waals surface area contributed by atoms with Crippen LogP contribution in [0.15, 0.2) is 12.2 Å². The van der Waals surface area contributed by atoms with Crippen LogP contribution in [0, 0.1) is 5.92 Å². The Morgan fingerprint density at radius 2 is 1.70 bits per heavy atom. The minimum absolute atomic E-state index is 0.0893. The van der Waals surface area contributed by atoms with Gasteiger partial charge in [0.25, 0.3) is 0 Å². The summed E-state index contributed by atoms with van der Waals surface area (Å²) in [6, 6.07) is 0. The highest BCUT2D eigenvalue weighted by atomic mass is 16.5. The Bertz CT molecular complexity index is 286. The average Bonchev–Trinajstić information content (AvgIpc) is 2.86. The van der Waals surface area contributed by atoms with E-state index in [9.17, 15) is 9.90 Å². The topological polar surface area (TPSA) is 46.5 Å². The van der Waals surface area contributed by atoms with Gasteiger partial charge in [0.15, 0.2) is 0 Å². The van der Waals surface area contributed by atoms with Crippen LogP contribution >= 0.6 is 0 Å². The number of carbonyl (C=O) groups is 1. The second-order valence-corrected chi connectivity index (χ2v) is 5.86. The molecule has 1 N–H and O–H groups in total. The predicted octanol–water partition coefficient (Wildman–Crippen LogP) is 4.00. The standard InChI is InChI=1S/C17H30O3/c1-20-17(19)14-9-7-5-3-2-4-6-8-11-15-12-10-13-16(15)18/h10,13,15-16,18H,2-9,11-12,14H2,1H3. The molecule has 1 aliphatic carbocycles. The summed E-state index contributed by atoms with van der Waals surface area (Å²) in [5.41, 5.74) is 0. The highest BCUT2D eigenvalue weighted by Crippen LogP contribution is 2.24. The average molecular weight is 282 g/mol. The zero-order chi connectivity index (χ0) is 14.6. The molecule has 20 heavy (non-hydrogen) atoms. The minimum atomic E-state index is -0.190. The number of aliphatic hydroxyl groups is 1. The number of methoxy groups -OCH3 is 1. The van der Waals surface area contributed by atoms with E-state index in [2.05, 4.69) is 10.8 Å². The van der Waals surface area contributed by atoms with E-state index in [4.69, 9.17) is 0 Å². The molecule has 0 radical (unpaired) electrons. The number of unbranched alkanes of at least 4 members (excludes halogenated alkanes) is 7. The maximum absolute atomic E-state index is 10.9. The van der Waals surface area contributed by atoms with Gasteiger partial charge in [-0.3, -0.25) is 4.79 Å². The highest BCUT2D eigenvalue weighted by Gasteiger charge is 2.19. The van der Waals surface area contributed by atoms with Crippen molar-refractivity contribution in [1.82, 2.24) is 0 Å². The summed E-state index contributed by atoms with van der Waals surface area (Å²) in [5, 5.41) is 9.65. The van der Waals surface area contributed by atoms with Crippen LogP contribution in [0.2, 0.25) is 0 Å². The van der Waals surface area contributed by atoms with Gasteiger partial charge in [-0.2, -0.15) is 0 Å². The molecule has 3 nitrogen and oxygen atoms in total. The van der Waals surface area contributed by atoms with Gasteiger partial charge in [0.05, 0.1) is 13.2 Å². The van der Waals surface area contributed by atoms with Gasteiger partial charge in [-0.1, -0.05) is 57.1 Å². The summed E-state index contributed by atoms with van der Waals surface area (Å²) >= 11 is 0. The fraction of sp³-hybridized carbons (Fsp3) is 0.824. The summed E-state index contributed by atoms with van der Waals surface area (Å²) in [6.45, 7) is 0. The molecule has 0 saturated carbocycles. The van der Waals surface area contributed by atoms with E-state index in [1.807, 2.05) is 6.08 Å². The van der Waals surface area contributed by atoms with Crippen molar-refractivity contribution in [1.29, 1.82) is 0 Å². The van der Waals surface area contributed by atoms with Crippen LogP contribution in [0.1, 0.15) is 70.6 Å². The summed E-state index contributed by atoms with van der Waals surface area (Å²) in [6.07, 6.45) is 16.3. The van der Waals surface area contributed by atoms with Gasteiger partial charge >= 0.3 is 5.97 Å². The van der Waals surface area contributed by atoms with E-state index >= 15 is 0 Å². The number of ether oxygens (including phenoxy) is 1. The maximum Gasteiger partial charge on any atom is 0.305 e. The molecule has 2 unspecified atom stereocenters. The Kier molecular flexibility index (Phi) is 9.38. The van der Waals surface area contributed by atoms with Gasteiger partial charge in [0.2, 0.25) is 0 Å². The van der Waals surface area contributed by atoms with Crippen LogP contribution in [-0.2, 0) is 9.53 Å². The molecule has 0 spiro atoms. The largest absolute Gasteiger partial charge is 0.469 e. The van der Waals surface area contributed by atoms with Crippen LogP contribution in [0.25, 0.3) is 0 Å². The van der Waals surface area contributed by atoms with Gasteiger partial charge in [-0.25, -0.2) is 0 Å². The Labute approximate surface area is 123 Å². The van der Waals surface area contributed by atoms with Crippen LogP contribution < -0.4 is 0 Å². The summed E-state index contributed by atoms with van der Waals surface area (Å²) in [7, 11) is 1.45. The summed E-state index contributed by atoms with van der Waals surface area (Å²) < 4.78 is 4.61. The van der Waals surface area contributed by atoms with Gasteiger partial charge < -0.3 is 9.84 Å². The van der Waals surface area contributed by atoms with Gasteiger partial charge in [-0.15, -0.1) is 0 Å². The number of hydrogen-bond donors (Lipinski definition) is 1. The smallest absolute Gasteiger partial charge is 0.305 e. The zero-order valence-corrected chi connectivity index (χ0v) is 12.9. The van der Waals surface area contributed by atoms with Crippen LogP contribution in [0.4, 0.5) is 0 Å². The third-order valence-corrected chi connectivity index (χ3v) is 4.19. The van der Waals surface area contributed by atoms with E-state index in [1.165, 1.54) is 45.6 Å². The monoisotopic (exact) mass is 282 g/mol. The molecule has 1 rings (SSSR count). The molecule has 0 aromatic heterocycles. The maximum atomic E-state index is 10.9. The number of carbonyl (C=O) groups excluding carboxylic acids is 1. The van der Waals surface area contributed by atoms with Crippen molar-refractivity contribution < 1.29 is 14.6 Å². The lowest BCUT2D eigenvalue weighted by Crippen LogP contribution is -2.12. The highest BCUT2D eigenvalue weighted by molar-refractivity contribution is 5.68. The summed E-state index contributed by atoms with van der Waals surface area (Å²) in [5.74, 6) is 0.391. The molecule has 1 aliphatic rings. The Morgan fingerprint density at radius 3 is 2.25 bits per heavy atom. The van der Waals surface area contributed by atoms with E-state index in [0.717, 1.165) is 25.7 Å². The third-order valence-electron chi connectivity index (χ3n) is 4.19. The molecule has 0 bridgehead atoms. The van der Waals surface area contributed by atoms with E-state index in [-0.39, 0.29) is 12.1 Å². The number of esters is 1. The molecular formula is C17H30O3. The van der Waals surface area contributed by atoms with Gasteiger partial charge in [0, 0.05) is 6.42 Å². The predicted molar refractivity (Wildman–Crippen MR) is 81.4 cm³/mol. The van der Waals surface area contributed by atoms with Gasteiger partial charge in [-0.05, 0) is 25.2 Å². The van der Waals surface area contributed by atoms with Crippen molar-refractivity contribution in [2.45, 2.75) is 76.7 Å². The van der Waals surface area contributed by atoms with Crippen LogP contribution in [0.5, 0.6) is 0 Å². The van der Waals surface area contributed by atoms with Crippen molar-refractivity contribution in [3.05, 3.63) is 12.2 Å². The first-order valence-corrected chi connectivity index (χ1v) is 8.15. The van der Waals surface area contributed by atoms with Crippen molar-refractivity contribution in [2.75, 3.05) is 7.11 Å².